The Labute approximate surface area is 166 Å². The highest BCUT2D eigenvalue weighted by Gasteiger charge is 2.40. The van der Waals surface area contributed by atoms with Crippen LogP contribution in [-0.4, -0.2) is 24.7 Å². The van der Waals surface area contributed by atoms with Gasteiger partial charge in [0.1, 0.15) is 16.7 Å². The Balaban J connectivity index is 1.92. The number of hydrogen-bond acceptors (Lipinski definition) is 4. The van der Waals surface area contributed by atoms with Gasteiger partial charge in [-0.25, -0.2) is 4.21 Å². The Kier molecular flexibility index (Phi) is 4.68. The van der Waals surface area contributed by atoms with Gasteiger partial charge in [0.05, 0.1) is 5.56 Å². The minimum Gasteiger partial charge on any atom is -0.392 e. The predicted octanol–water partition coefficient (Wildman–Crippen LogP) is 5.15. The molecule has 0 fully saturated rings. The zero-order chi connectivity index (χ0) is 21.7. The molecule has 5 nitrogen and oxygen atoms in total. The molecular weight excluding hydrogens is 436 g/mol. The van der Waals surface area contributed by atoms with Crippen molar-refractivity contribution in [3.8, 4) is 11.4 Å². The summed E-state index contributed by atoms with van der Waals surface area (Å²) in [7, 11) is 0. The second-order valence-corrected chi connectivity index (χ2v) is 7.19. The van der Waals surface area contributed by atoms with Crippen molar-refractivity contribution >= 4 is 32.9 Å². The highest BCUT2D eigenvalue weighted by Crippen LogP contribution is 2.35. The van der Waals surface area contributed by atoms with Crippen molar-refractivity contribution in [1.82, 2.24) is 15.0 Å². The van der Waals surface area contributed by atoms with E-state index < -0.39 is 34.1 Å². The molecular formula is C18H9F6N3O2S. The summed E-state index contributed by atoms with van der Waals surface area (Å²) in [5.41, 5.74) is -6.21. The number of alkyl halides is 6. The van der Waals surface area contributed by atoms with E-state index in [0.29, 0.717) is 10.8 Å². The van der Waals surface area contributed by atoms with Crippen molar-refractivity contribution in [2.24, 2.45) is 0 Å². The van der Waals surface area contributed by atoms with Crippen LogP contribution < -0.4 is 4.18 Å². The maximum atomic E-state index is 13.0. The number of hydrogen-bond donors (Lipinski definition) is 0. The van der Waals surface area contributed by atoms with Gasteiger partial charge in [0.15, 0.2) is 5.75 Å². The second-order valence-electron chi connectivity index (χ2n) is 6.09. The number of halogens is 6. The van der Waals surface area contributed by atoms with Gasteiger partial charge in [0, 0.05) is 5.39 Å². The fourth-order valence-corrected chi connectivity index (χ4v) is 3.22. The van der Waals surface area contributed by atoms with Gasteiger partial charge in [-0.3, -0.25) is 0 Å². The van der Waals surface area contributed by atoms with Gasteiger partial charge in [-0.2, -0.15) is 26.3 Å². The first-order valence-corrected chi connectivity index (χ1v) is 9.25. The van der Waals surface area contributed by atoms with E-state index in [9.17, 15) is 30.6 Å². The third kappa shape index (κ3) is 3.70. The second kappa shape index (κ2) is 6.97. The third-order valence-electron chi connectivity index (χ3n) is 4.13. The smallest absolute Gasteiger partial charge is 0.392 e. The van der Waals surface area contributed by atoms with Crippen molar-refractivity contribution < 1.29 is 34.7 Å². The molecule has 1 heterocycles. The lowest BCUT2D eigenvalue weighted by molar-refractivity contribution is -0.137. The molecule has 0 aliphatic heterocycles. The molecule has 0 aliphatic carbocycles. The van der Waals surface area contributed by atoms with Crippen molar-refractivity contribution in [1.29, 1.82) is 0 Å². The molecule has 1 aromatic heterocycles. The molecule has 4 rings (SSSR count). The van der Waals surface area contributed by atoms with Gasteiger partial charge >= 0.3 is 22.8 Å². The van der Waals surface area contributed by atoms with Gasteiger partial charge in [-0.05, 0) is 29.7 Å². The number of nitrogens with zero attached hydrogens (tertiary/aromatic N) is 3. The van der Waals surface area contributed by atoms with Crippen LogP contribution in [0.1, 0.15) is 5.56 Å². The molecule has 0 spiro atoms. The number of rotatable bonds is 3. The molecule has 1 unspecified atom stereocenters. The van der Waals surface area contributed by atoms with Crippen molar-refractivity contribution in [2.75, 3.05) is 0 Å². The molecule has 3 aromatic carbocycles. The van der Waals surface area contributed by atoms with Crippen LogP contribution in [0.3, 0.4) is 0 Å². The average molecular weight is 445 g/mol. The van der Waals surface area contributed by atoms with Gasteiger partial charge in [0.25, 0.3) is 0 Å². The summed E-state index contributed by atoms with van der Waals surface area (Å²) < 4.78 is 93.2. The predicted molar refractivity (Wildman–Crippen MR) is 96.2 cm³/mol. The Bertz CT molecular complexity index is 1280. The molecule has 1 atom stereocenters. The quantitative estimate of drug-likeness (QED) is 0.409. The van der Waals surface area contributed by atoms with E-state index in [1.165, 1.54) is 6.07 Å². The minimum atomic E-state index is -5.13. The van der Waals surface area contributed by atoms with Gasteiger partial charge < -0.3 is 4.18 Å². The van der Waals surface area contributed by atoms with Crippen LogP contribution in [0.5, 0.6) is 5.75 Å². The summed E-state index contributed by atoms with van der Waals surface area (Å²) in [4.78, 5) is 0.871. The maximum Gasteiger partial charge on any atom is 0.508 e. The topological polar surface area (TPSA) is 57.0 Å². The largest absolute Gasteiger partial charge is 0.508 e. The van der Waals surface area contributed by atoms with E-state index in [1.54, 1.807) is 24.3 Å². The van der Waals surface area contributed by atoms with Crippen LogP contribution in [0.2, 0.25) is 0 Å². The first-order valence-electron chi connectivity index (χ1n) is 8.17. The van der Waals surface area contributed by atoms with Crippen molar-refractivity contribution in [2.45, 2.75) is 11.7 Å². The van der Waals surface area contributed by atoms with Crippen LogP contribution in [-0.2, 0) is 17.3 Å². The highest BCUT2D eigenvalue weighted by atomic mass is 32.2. The number of fused-ring (bicyclic) bond motifs is 2. The van der Waals surface area contributed by atoms with E-state index >= 15 is 0 Å². The Hall–Kier alpha value is -3.15. The lowest BCUT2D eigenvalue weighted by Crippen LogP contribution is -2.21. The zero-order valence-electron chi connectivity index (χ0n) is 14.5. The molecule has 0 aliphatic rings. The Morgan fingerprint density at radius 1 is 0.867 bits per heavy atom. The maximum absolute atomic E-state index is 13.0. The highest BCUT2D eigenvalue weighted by molar-refractivity contribution is 7.81. The molecule has 12 heteroatoms. The SMILES string of the molecule is O=S(Oc1ccc2ccccc2c1-n1nc2ccc(C(F)(F)F)cc2n1)C(F)(F)F. The zero-order valence-corrected chi connectivity index (χ0v) is 15.3. The molecule has 4 aromatic rings. The van der Waals surface area contributed by atoms with Gasteiger partial charge in [0.2, 0.25) is 0 Å². The summed E-state index contributed by atoms with van der Waals surface area (Å²) in [5.74, 6) is -0.444. The summed E-state index contributed by atoms with van der Waals surface area (Å²) in [6, 6.07) is 11.8. The molecule has 0 amide bonds. The van der Waals surface area contributed by atoms with Crippen LogP contribution >= 0.6 is 0 Å². The Morgan fingerprint density at radius 2 is 1.57 bits per heavy atom. The van der Waals surface area contributed by atoms with E-state index in [0.717, 1.165) is 29.1 Å². The molecule has 0 radical (unpaired) electrons. The molecule has 30 heavy (non-hydrogen) atoms. The summed E-state index contributed by atoms with van der Waals surface area (Å²) >= 11 is -3.67. The van der Waals surface area contributed by atoms with Crippen LogP contribution in [0.4, 0.5) is 26.3 Å². The molecule has 0 saturated carbocycles. The molecule has 0 saturated heterocycles. The van der Waals surface area contributed by atoms with E-state index in [-0.39, 0.29) is 16.7 Å². The normalized spacial score (nSPS) is 13.7. The minimum absolute atomic E-state index is 0.0822. The van der Waals surface area contributed by atoms with Crippen LogP contribution in [0, 0.1) is 0 Å². The summed E-state index contributed by atoms with van der Waals surface area (Å²) in [5, 5.41) is 8.98. The van der Waals surface area contributed by atoms with E-state index in [1.807, 2.05) is 0 Å². The third-order valence-corrected chi connectivity index (χ3v) is 4.83. The molecule has 0 N–H and O–H groups in total. The monoisotopic (exact) mass is 445 g/mol. The average Bonchev–Trinajstić information content (AvgIpc) is 3.09. The Morgan fingerprint density at radius 3 is 2.27 bits per heavy atom. The van der Waals surface area contributed by atoms with E-state index in [4.69, 9.17) is 0 Å². The molecule has 0 bridgehead atoms. The fourth-order valence-electron chi connectivity index (χ4n) is 2.83. The van der Waals surface area contributed by atoms with Crippen LogP contribution in [0.25, 0.3) is 27.5 Å². The first kappa shape index (κ1) is 20.1. The van der Waals surface area contributed by atoms with Crippen molar-refractivity contribution in [3.63, 3.8) is 0 Å². The van der Waals surface area contributed by atoms with E-state index in [2.05, 4.69) is 14.4 Å². The lowest BCUT2D eigenvalue weighted by Gasteiger charge is -2.13. The molecule has 156 valence electrons. The van der Waals surface area contributed by atoms with Gasteiger partial charge in [-0.1, -0.05) is 30.3 Å². The van der Waals surface area contributed by atoms with Gasteiger partial charge in [-0.15, -0.1) is 15.0 Å². The number of benzene rings is 3. The lowest BCUT2D eigenvalue weighted by atomic mass is 10.1. The fraction of sp³-hybridized carbons (Fsp3) is 0.111. The summed E-state index contributed by atoms with van der Waals surface area (Å²) in [6.07, 6.45) is -4.60. The standard InChI is InChI=1S/C18H9F6N3O2S/c19-17(20,21)11-6-7-13-14(9-11)26-27(25-13)16-12-4-2-1-3-10(12)5-8-15(16)29-30(28)18(22,23)24/h1-9H. The number of aromatic nitrogens is 3. The summed E-state index contributed by atoms with van der Waals surface area (Å²) in [6.45, 7) is 0. The van der Waals surface area contributed by atoms with Crippen LogP contribution in [0.15, 0.2) is 54.6 Å². The first-order chi connectivity index (χ1) is 14.0. The van der Waals surface area contributed by atoms with Crippen molar-refractivity contribution in [3.05, 3.63) is 60.2 Å².